The van der Waals surface area contributed by atoms with Crippen molar-refractivity contribution in [1.29, 1.82) is 0 Å². The quantitative estimate of drug-likeness (QED) is 0.890. The van der Waals surface area contributed by atoms with E-state index in [0.29, 0.717) is 12.1 Å². The van der Waals surface area contributed by atoms with Gasteiger partial charge in [0.25, 0.3) is 0 Å². The molecule has 2 aromatic rings. The maximum Gasteiger partial charge on any atom is 0.401 e. The minimum Gasteiger partial charge on any atom is -0.396 e. The van der Waals surface area contributed by atoms with Gasteiger partial charge in [-0.1, -0.05) is 6.07 Å². The zero-order valence-electron chi connectivity index (χ0n) is 11.8. The average molecular weight is 301 g/mol. The molecule has 21 heavy (non-hydrogen) atoms. The molecule has 0 saturated heterocycles. The fourth-order valence-electron chi connectivity index (χ4n) is 2.31. The number of aliphatic hydroxyl groups is 1. The lowest BCUT2D eigenvalue weighted by atomic mass is 10.3. The van der Waals surface area contributed by atoms with Crippen molar-refractivity contribution in [3.63, 3.8) is 0 Å². The Kier molecular flexibility index (Phi) is 4.84. The van der Waals surface area contributed by atoms with Gasteiger partial charge in [0.2, 0.25) is 0 Å². The molecule has 0 aliphatic rings. The highest BCUT2D eigenvalue weighted by Gasteiger charge is 2.30. The Bertz CT molecular complexity index is 595. The second kappa shape index (κ2) is 6.44. The van der Waals surface area contributed by atoms with Crippen LogP contribution in [0.2, 0.25) is 0 Å². The average Bonchev–Trinajstić information content (AvgIpc) is 2.79. The Morgan fingerprint density at radius 2 is 2.14 bits per heavy atom. The highest BCUT2D eigenvalue weighted by molar-refractivity contribution is 5.48. The summed E-state index contributed by atoms with van der Waals surface area (Å²) >= 11 is 0. The van der Waals surface area contributed by atoms with E-state index >= 15 is 0 Å². The smallest absolute Gasteiger partial charge is 0.396 e. The van der Waals surface area contributed by atoms with Crippen LogP contribution in [-0.2, 0) is 6.54 Å². The Morgan fingerprint density at radius 1 is 1.38 bits per heavy atom. The van der Waals surface area contributed by atoms with Crippen LogP contribution < -0.4 is 0 Å². The van der Waals surface area contributed by atoms with E-state index in [9.17, 15) is 13.2 Å². The van der Waals surface area contributed by atoms with Gasteiger partial charge in [-0.3, -0.25) is 4.90 Å². The van der Waals surface area contributed by atoms with Crippen molar-refractivity contribution in [1.82, 2.24) is 14.3 Å². The first-order valence-electron chi connectivity index (χ1n) is 6.72. The number of fused-ring (bicyclic) bond motifs is 1. The summed E-state index contributed by atoms with van der Waals surface area (Å²) in [7, 11) is 0. The van der Waals surface area contributed by atoms with Crippen molar-refractivity contribution < 1.29 is 18.3 Å². The molecule has 0 amide bonds. The van der Waals surface area contributed by atoms with E-state index in [2.05, 4.69) is 4.98 Å². The van der Waals surface area contributed by atoms with E-state index < -0.39 is 12.7 Å². The first kappa shape index (κ1) is 15.8. The van der Waals surface area contributed by atoms with Gasteiger partial charge in [0, 0.05) is 25.9 Å². The normalized spacial score (nSPS) is 12.5. The van der Waals surface area contributed by atoms with Gasteiger partial charge in [-0.15, -0.1) is 0 Å². The number of rotatable bonds is 6. The SMILES string of the molecule is Cc1cccn2c(CN(CCCO)CC(F)(F)F)cnc12. The van der Waals surface area contributed by atoms with Crippen LogP contribution in [0, 0.1) is 6.92 Å². The van der Waals surface area contributed by atoms with Gasteiger partial charge in [-0.05, 0) is 25.0 Å². The lowest BCUT2D eigenvalue weighted by Crippen LogP contribution is -2.35. The van der Waals surface area contributed by atoms with E-state index in [1.807, 2.05) is 19.1 Å². The zero-order chi connectivity index (χ0) is 15.5. The molecule has 0 atom stereocenters. The number of nitrogens with zero attached hydrogens (tertiary/aromatic N) is 3. The molecule has 0 radical (unpaired) electrons. The Morgan fingerprint density at radius 3 is 2.81 bits per heavy atom. The van der Waals surface area contributed by atoms with Crippen molar-refractivity contribution in [2.24, 2.45) is 0 Å². The molecule has 0 aliphatic carbocycles. The summed E-state index contributed by atoms with van der Waals surface area (Å²) in [5, 5.41) is 8.82. The standard InChI is InChI=1S/C14H18F3N3O/c1-11-4-2-6-20-12(8-18-13(11)20)9-19(5-3-7-21)10-14(15,16)17/h2,4,6,8,21H,3,5,7,9-10H2,1H3. The maximum atomic E-state index is 12.6. The predicted molar refractivity (Wildman–Crippen MR) is 73.0 cm³/mol. The number of halogens is 3. The summed E-state index contributed by atoms with van der Waals surface area (Å²) in [6, 6.07) is 3.75. The first-order valence-corrected chi connectivity index (χ1v) is 6.72. The minimum atomic E-state index is -4.26. The minimum absolute atomic E-state index is 0.124. The zero-order valence-corrected chi connectivity index (χ0v) is 11.8. The number of alkyl halides is 3. The van der Waals surface area contributed by atoms with E-state index in [-0.39, 0.29) is 19.7 Å². The monoisotopic (exact) mass is 301 g/mol. The van der Waals surface area contributed by atoms with Crippen LogP contribution in [0.15, 0.2) is 24.5 Å². The molecule has 2 heterocycles. The second-order valence-electron chi connectivity index (χ2n) is 5.04. The van der Waals surface area contributed by atoms with E-state index in [0.717, 1.165) is 11.2 Å². The van der Waals surface area contributed by atoms with Gasteiger partial charge in [0.1, 0.15) is 5.65 Å². The third-order valence-corrected chi connectivity index (χ3v) is 3.23. The van der Waals surface area contributed by atoms with Crippen molar-refractivity contribution in [3.05, 3.63) is 35.8 Å². The number of hydrogen-bond acceptors (Lipinski definition) is 3. The molecule has 0 bridgehead atoms. The van der Waals surface area contributed by atoms with Gasteiger partial charge >= 0.3 is 6.18 Å². The highest BCUT2D eigenvalue weighted by atomic mass is 19.4. The molecule has 0 aliphatic heterocycles. The number of aliphatic hydroxyl groups excluding tert-OH is 1. The van der Waals surface area contributed by atoms with Crippen molar-refractivity contribution in [3.8, 4) is 0 Å². The van der Waals surface area contributed by atoms with Gasteiger partial charge in [-0.25, -0.2) is 4.98 Å². The second-order valence-corrected chi connectivity index (χ2v) is 5.04. The van der Waals surface area contributed by atoms with Crippen LogP contribution in [-0.4, -0.2) is 45.3 Å². The number of imidazole rings is 1. The summed E-state index contributed by atoms with van der Waals surface area (Å²) in [4.78, 5) is 5.53. The van der Waals surface area contributed by atoms with Crippen molar-refractivity contribution in [2.45, 2.75) is 26.1 Å². The molecule has 116 valence electrons. The topological polar surface area (TPSA) is 40.8 Å². The largest absolute Gasteiger partial charge is 0.401 e. The Labute approximate surface area is 120 Å². The van der Waals surface area contributed by atoms with E-state index in [4.69, 9.17) is 5.11 Å². The van der Waals surface area contributed by atoms with E-state index in [1.165, 1.54) is 4.90 Å². The third kappa shape index (κ3) is 4.18. The van der Waals surface area contributed by atoms with E-state index in [1.54, 1.807) is 16.8 Å². The summed E-state index contributed by atoms with van der Waals surface area (Å²) in [6.45, 7) is 1.12. The van der Waals surface area contributed by atoms with Crippen LogP contribution in [0.1, 0.15) is 17.7 Å². The lowest BCUT2D eigenvalue weighted by molar-refractivity contribution is -0.147. The van der Waals surface area contributed by atoms with Crippen LogP contribution in [0.5, 0.6) is 0 Å². The molecule has 2 aromatic heterocycles. The van der Waals surface area contributed by atoms with Gasteiger partial charge in [-0.2, -0.15) is 13.2 Å². The third-order valence-electron chi connectivity index (χ3n) is 3.23. The van der Waals surface area contributed by atoms with Crippen LogP contribution in [0.4, 0.5) is 13.2 Å². The fraction of sp³-hybridized carbons (Fsp3) is 0.500. The van der Waals surface area contributed by atoms with Crippen molar-refractivity contribution >= 4 is 5.65 Å². The number of aromatic nitrogens is 2. The fourth-order valence-corrected chi connectivity index (χ4v) is 2.31. The van der Waals surface area contributed by atoms with Gasteiger partial charge < -0.3 is 9.51 Å². The van der Waals surface area contributed by atoms with Gasteiger partial charge in [0.05, 0.1) is 18.4 Å². The number of aryl methyl sites for hydroxylation is 1. The molecule has 4 nitrogen and oxygen atoms in total. The van der Waals surface area contributed by atoms with Gasteiger partial charge in [0.15, 0.2) is 0 Å². The molecular formula is C14H18F3N3O. The van der Waals surface area contributed by atoms with Crippen LogP contribution >= 0.6 is 0 Å². The molecule has 0 spiro atoms. The summed E-state index contributed by atoms with van der Waals surface area (Å²) in [5.41, 5.74) is 2.43. The van der Waals surface area contributed by atoms with Crippen LogP contribution in [0.3, 0.4) is 0 Å². The molecule has 2 rings (SSSR count). The molecular weight excluding hydrogens is 283 g/mol. The maximum absolute atomic E-state index is 12.6. The van der Waals surface area contributed by atoms with Crippen LogP contribution in [0.25, 0.3) is 5.65 Å². The molecule has 1 N–H and O–H groups in total. The molecule has 0 aromatic carbocycles. The molecule has 0 unspecified atom stereocenters. The highest BCUT2D eigenvalue weighted by Crippen LogP contribution is 2.19. The predicted octanol–water partition coefficient (Wildman–Crippen LogP) is 2.39. The summed E-state index contributed by atoms with van der Waals surface area (Å²) < 4.78 is 39.6. The lowest BCUT2D eigenvalue weighted by Gasteiger charge is -2.23. The molecule has 0 fully saturated rings. The van der Waals surface area contributed by atoms with Crippen molar-refractivity contribution in [2.75, 3.05) is 19.7 Å². The Balaban J connectivity index is 2.19. The molecule has 7 heteroatoms. The number of pyridine rings is 1. The molecule has 0 saturated carbocycles. The Hall–Kier alpha value is -1.60. The summed E-state index contributed by atoms with van der Waals surface area (Å²) in [6.07, 6.45) is -0.551. The first-order chi connectivity index (χ1) is 9.90. The summed E-state index contributed by atoms with van der Waals surface area (Å²) in [5.74, 6) is 0. The number of hydrogen-bond donors (Lipinski definition) is 1.